The van der Waals surface area contributed by atoms with E-state index in [1.54, 1.807) is 0 Å². The number of hydrogen-bond donors (Lipinski definition) is 1. The zero-order valence-electron chi connectivity index (χ0n) is 15.9. The Morgan fingerprint density at radius 2 is 1.81 bits per heavy atom. The van der Waals surface area contributed by atoms with E-state index in [2.05, 4.69) is 12.1 Å². The van der Waals surface area contributed by atoms with Gasteiger partial charge in [0.05, 0.1) is 5.92 Å². The van der Waals surface area contributed by atoms with Crippen LogP contribution in [0.15, 0.2) is 30.3 Å². The van der Waals surface area contributed by atoms with Crippen molar-refractivity contribution in [2.45, 2.75) is 18.4 Å². The first-order chi connectivity index (χ1) is 12.0. The monoisotopic (exact) mass is 416 g/mol. The fourth-order valence-electron chi connectivity index (χ4n) is 3.79. The maximum atomic E-state index is 12.9. The molecule has 0 bridgehead atoms. The van der Waals surface area contributed by atoms with E-state index in [-0.39, 0.29) is 54.5 Å². The Balaban J connectivity index is 0.00000182. The number of nitrogens with two attached hydrogens (primary N) is 1. The summed E-state index contributed by atoms with van der Waals surface area (Å²) in [6.45, 7) is 3.25. The number of likely N-dealkylation sites (N-methyl/N-ethyl adjacent to an activating group) is 1. The van der Waals surface area contributed by atoms with Gasteiger partial charge < -0.3 is 20.4 Å². The van der Waals surface area contributed by atoms with Crippen molar-refractivity contribution in [3.8, 4) is 0 Å². The van der Waals surface area contributed by atoms with Crippen LogP contribution in [0.25, 0.3) is 0 Å². The third-order valence-corrected chi connectivity index (χ3v) is 5.29. The van der Waals surface area contributed by atoms with Crippen LogP contribution in [0.4, 0.5) is 0 Å². The zero-order chi connectivity index (χ0) is 18.0. The molecule has 1 aromatic rings. The fraction of sp³-hybridized carbons (Fsp3) is 0.579. The summed E-state index contributed by atoms with van der Waals surface area (Å²) >= 11 is 0. The molecule has 2 aliphatic rings. The van der Waals surface area contributed by atoms with Crippen molar-refractivity contribution in [1.29, 1.82) is 0 Å². The van der Waals surface area contributed by atoms with Crippen molar-refractivity contribution < 1.29 is 9.59 Å². The number of carbonyl (C=O) groups excluding carboxylic acids is 2. The fourth-order valence-corrected chi connectivity index (χ4v) is 3.79. The molecule has 6 nitrogen and oxygen atoms in total. The Labute approximate surface area is 173 Å². The van der Waals surface area contributed by atoms with Crippen LogP contribution in [0.1, 0.15) is 17.9 Å². The summed E-state index contributed by atoms with van der Waals surface area (Å²) in [7, 11) is 3.97. The van der Waals surface area contributed by atoms with Gasteiger partial charge in [0.2, 0.25) is 11.8 Å². The van der Waals surface area contributed by atoms with Crippen LogP contribution in [-0.2, 0) is 9.59 Å². The first kappa shape index (κ1) is 23.7. The SMILES string of the molecule is CN(C)CCN1CC(C(=O)N2C[C@@H](N)[C@H](c3ccccc3)C2)CC1=O.Cl.Cl. The molecule has 2 aliphatic heterocycles. The van der Waals surface area contributed by atoms with Gasteiger partial charge in [-0.15, -0.1) is 24.8 Å². The molecule has 2 fully saturated rings. The van der Waals surface area contributed by atoms with Gasteiger partial charge in [0.15, 0.2) is 0 Å². The molecule has 152 valence electrons. The standard InChI is InChI=1S/C19H28N4O2.2ClH/c1-21(2)8-9-22-11-15(10-18(22)24)19(25)23-12-16(17(20)13-23)14-6-4-3-5-7-14;;/h3-7,15-17H,8-13,20H2,1-2H3;2*1H/t15?,16-,17+;;/m0../s1. The van der Waals surface area contributed by atoms with Gasteiger partial charge in [-0.3, -0.25) is 9.59 Å². The van der Waals surface area contributed by atoms with Crippen molar-refractivity contribution in [3.05, 3.63) is 35.9 Å². The van der Waals surface area contributed by atoms with E-state index in [1.807, 2.05) is 47.0 Å². The number of benzene rings is 1. The predicted octanol–water partition coefficient (Wildman–Crippen LogP) is 1.19. The first-order valence-electron chi connectivity index (χ1n) is 8.97. The summed E-state index contributed by atoms with van der Waals surface area (Å²) in [5.41, 5.74) is 7.48. The molecule has 0 aliphatic carbocycles. The summed E-state index contributed by atoms with van der Waals surface area (Å²) in [6.07, 6.45) is 0.327. The first-order valence-corrected chi connectivity index (χ1v) is 8.97. The summed E-state index contributed by atoms with van der Waals surface area (Å²) in [5.74, 6) is 0.112. The molecule has 2 saturated heterocycles. The number of nitrogens with zero attached hydrogens (tertiary/aromatic N) is 3. The van der Waals surface area contributed by atoms with Crippen LogP contribution in [0, 0.1) is 5.92 Å². The van der Waals surface area contributed by atoms with E-state index < -0.39 is 0 Å². The van der Waals surface area contributed by atoms with Crippen LogP contribution in [0.5, 0.6) is 0 Å². The minimum atomic E-state index is -0.226. The highest BCUT2D eigenvalue weighted by molar-refractivity contribution is 5.89. The lowest BCUT2D eigenvalue weighted by molar-refractivity contribution is -0.134. The molecule has 8 heteroatoms. The molecular weight excluding hydrogens is 387 g/mol. The highest BCUT2D eigenvalue weighted by Gasteiger charge is 2.40. The predicted molar refractivity (Wildman–Crippen MR) is 111 cm³/mol. The Morgan fingerprint density at radius 1 is 1.15 bits per heavy atom. The van der Waals surface area contributed by atoms with Crippen LogP contribution < -0.4 is 5.73 Å². The van der Waals surface area contributed by atoms with Gasteiger partial charge >= 0.3 is 0 Å². The molecular formula is C19H30Cl2N4O2. The minimum absolute atomic E-state index is 0. The number of halogens is 2. The molecule has 0 radical (unpaired) electrons. The van der Waals surface area contributed by atoms with Gasteiger partial charge in [-0.25, -0.2) is 0 Å². The maximum Gasteiger partial charge on any atom is 0.228 e. The Morgan fingerprint density at radius 3 is 2.44 bits per heavy atom. The van der Waals surface area contributed by atoms with Crippen LogP contribution in [0.3, 0.4) is 0 Å². The van der Waals surface area contributed by atoms with E-state index in [9.17, 15) is 9.59 Å². The lowest BCUT2D eigenvalue weighted by Gasteiger charge is -2.22. The highest BCUT2D eigenvalue weighted by Crippen LogP contribution is 2.29. The number of rotatable bonds is 5. The highest BCUT2D eigenvalue weighted by atomic mass is 35.5. The molecule has 0 spiro atoms. The van der Waals surface area contributed by atoms with Crippen LogP contribution in [0.2, 0.25) is 0 Å². The Hall–Kier alpha value is -1.34. The van der Waals surface area contributed by atoms with Crippen molar-refractivity contribution in [2.75, 3.05) is 46.8 Å². The molecule has 0 aromatic heterocycles. The van der Waals surface area contributed by atoms with Crippen molar-refractivity contribution in [2.24, 2.45) is 11.7 Å². The van der Waals surface area contributed by atoms with Crippen LogP contribution >= 0.6 is 24.8 Å². The smallest absolute Gasteiger partial charge is 0.228 e. The normalized spacial score (nSPS) is 24.7. The topological polar surface area (TPSA) is 69.9 Å². The number of carbonyl (C=O) groups is 2. The van der Waals surface area contributed by atoms with E-state index >= 15 is 0 Å². The summed E-state index contributed by atoms with van der Waals surface area (Å²) in [6, 6.07) is 10.1. The van der Waals surface area contributed by atoms with Gasteiger partial charge in [0.25, 0.3) is 0 Å². The van der Waals surface area contributed by atoms with E-state index in [0.29, 0.717) is 32.6 Å². The van der Waals surface area contributed by atoms with Crippen molar-refractivity contribution in [3.63, 3.8) is 0 Å². The summed E-state index contributed by atoms with van der Waals surface area (Å²) < 4.78 is 0. The van der Waals surface area contributed by atoms with Crippen molar-refractivity contribution in [1.82, 2.24) is 14.7 Å². The number of amides is 2. The number of likely N-dealkylation sites (tertiary alicyclic amines) is 2. The van der Waals surface area contributed by atoms with Gasteiger partial charge in [-0.2, -0.15) is 0 Å². The third-order valence-electron chi connectivity index (χ3n) is 5.29. The molecule has 1 unspecified atom stereocenters. The van der Waals surface area contributed by atoms with Gasteiger partial charge in [0, 0.05) is 51.1 Å². The molecule has 0 saturated carbocycles. The second kappa shape index (κ2) is 10.3. The van der Waals surface area contributed by atoms with Crippen LogP contribution in [-0.4, -0.2) is 79.4 Å². The lowest BCUT2D eigenvalue weighted by Crippen LogP contribution is -2.38. The second-order valence-electron chi connectivity index (χ2n) is 7.47. The average Bonchev–Trinajstić information content (AvgIpc) is 3.16. The molecule has 2 amide bonds. The van der Waals surface area contributed by atoms with E-state index in [0.717, 1.165) is 6.54 Å². The summed E-state index contributed by atoms with van der Waals surface area (Å²) in [5, 5.41) is 0. The van der Waals surface area contributed by atoms with Gasteiger partial charge in [-0.05, 0) is 19.7 Å². The molecule has 3 rings (SSSR count). The molecule has 3 atom stereocenters. The molecule has 27 heavy (non-hydrogen) atoms. The quantitative estimate of drug-likeness (QED) is 0.782. The average molecular weight is 417 g/mol. The summed E-state index contributed by atoms with van der Waals surface area (Å²) in [4.78, 5) is 30.8. The number of hydrogen-bond acceptors (Lipinski definition) is 4. The second-order valence-corrected chi connectivity index (χ2v) is 7.47. The molecule has 1 aromatic carbocycles. The lowest BCUT2D eigenvalue weighted by atomic mass is 9.95. The largest absolute Gasteiger partial charge is 0.341 e. The molecule has 2 N–H and O–H groups in total. The third kappa shape index (κ3) is 5.57. The Bertz CT molecular complexity index is 629. The zero-order valence-corrected chi connectivity index (χ0v) is 17.5. The maximum absolute atomic E-state index is 12.9. The van der Waals surface area contributed by atoms with E-state index in [4.69, 9.17) is 5.73 Å². The van der Waals surface area contributed by atoms with Gasteiger partial charge in [-0.1, -0.05) is 30.3 Å². The Kier molecular flexibility index (Phi) is 9.02. The molecule has 2 heterocycles. The van der Waals surface area contributed by atoms with Crippen molar-refractivity contribution >= 4 is 36.6 Å². The van der Waals surface area contributed by atoms with Gasteiger partial charge in [0.1, 0.15) is 0 Å². The van der Waals surface area contributed by atoms with E-state index in [1.165, 1.54) is 5.56 Å². The minimum Gasteiger partial charge on any atom is -0.341 e.